The number of hydrogen-bond donors (Lipinski definition) is 3. The van der Waals surface area contributed by atoms with Crippen molar-refractivity contribution in [2.75, 3.05) is 10.5 Å². The number of aromatic amines is 1. The van der Waals surface area contributed by atoms with Gasteiger partial charge in [-0.3, -0.25) is 9.82 Å². The second-order valence-electron chi connectivity index (χ2n) is 3.26. The highest BCUT2D eigenvalue weighted by Gasteiger charge is 2.19. The Balaban J connectivity index is 2.33. The molecule has 0 bridgehead atoms. The van der Waals surface area contributed by atoms with Crippen molar-refractivity contribution in [2.45, 2.75) is 4.90 Å². The summed E-state index contributed by atoms with van der Waals surface area (Å²) < 4.78 is 27.0. The molecule has 0 aliphatic rings. The first-order chi connectivity index (χ1) is 7.99. The van der Waals surface area contributed by atoms with Gasteiger partial charge in [0.2, 0.25) is 0 Å². The van der Waals surface area contributed by atoms with Crippen LogP contribution >= 0.6 is 15.9 Å². The highest BCUT2D eigenvalue weighted by molar-refractivity contribution is 9.10. The van der Waals surface area contributed by atoms with E-state index in [1.165, 1.54) is 0 Å². The first-order valence-corrected chi connectivity index (χ1v) is 6.84. The molecule has 4 N–H and O–H groups in total. The Morgan fingerprint density at radius 2 is 2.18 bits per heavy atom. The van der Waals surface area contributed by atoms with E-state index >= 15 is 0 Å². The molecule has 1 aromatic heterocycles. The van der Waals surface area contributed by atoms with Crippen molar-refractivity contribution in [3.8, 4) is 0 Å². The number of sulfonamides is 1. The SMILES string of the molecule is Nc1[nH]ncc1S(=O)(=O)Nc1cccc(Br)c1. The van der Waals surface area contributed by atoms with E-state index in [4.69, 9.17) is 5.73 Å². The van der Waals surface area contributed by atoms with Crippen LogP contribution in [-0.2, 0) is 10.0 Å². The van der Waals surface area contributed by atoms with Crippen molar-refractivity contribution in [3.63, 3.8) is 0 Å². The van der Waals surface area contributed by atoms with Crippen LogP contribution in [0.15, 0.2) is 39.8 Å². The molecule has 0 amide bonds. The Hall–Kier alpha value is -1.54. The minimum Gasteiger partial charge on any atom is -0.383 e. The molecule has 2 rings (SSSR count). The molecule has 0 unspecified atom stereocenters. The number of benzene rings is 1. The minimum absolute atomic E-state index is 0.00694. The van der Waals surface area contributed by atoms with Gasteiger partial charge in [-0.1, -0.05) is 22.0 Å². The fourth-order valence-electron chi connectivity index (χ4n) is 1.26. The molecule has 0 spiro atoms. The van der Waals surface area contributed by atoms with E-state index < -0.39 is 10.0 Å². The van der Waals surface area contributed by atoms with Crippen molar-refractivity contribution >= 4 is 37.5 Å². The Labute approximate surface area is 106 Å². The van der Waals surface area contributed by atoms with Crippen LogP contribution in [0, 0.1) is 0 Å². The number of nitrogen functional groups attached to an aromatic ring is 1. The smallest absolute Gasteiger partial charge is 0.267 e. The van der Waals surface area contributed by atoms with Gasteiger partial charge in [0.25, 0.3) is 10.0 Å². The van der Waals surface area contributed by atoms with Gasteiger partial charge in [-0.25, -0.2) is 8.42 Å². The summed E-state index contributed by atoms with van der Waals surface area (Å²) in [6, 6.07) is 6.80. The monoisotopic (exact) mass is 316 g/mol. The molecule has 17 heavy (non-hydrogen) atoms. The van der Waals surface area contributed by atoms with Crippen molar-refractivity contribution in [1.82, 2.24) is 10.2 Å². The predicted octanol–water partition coefficient (Wildman–Crippen LogP) is 1.56. The molecule has 0 saturated carbocycles. The number of rotatable bonds is 3. The Morgan fingerprint density at radius 3 is 2.76 bits per heavy atom. The molecule has 90 valence electrons. The number of hydrogen-bond acceptors (Lipinski definition) is 4. The average molecular weight is 317 g/mol. The van der Waals surface area contributed by atoms with E-state index in [9.17, 15) is 8.42 Å². The average Bonchev–Trinajstić information content (AvgIpc) is 2.64. The number of aromatic nitrogens is 2. The van der Waals surface area contributed by atoms with Gasteiger partial charge in [0.05, 0.1) is 6.20 Å². The number of H-pyrrole nitrogens is 1. The molecule has 0 aliphatic carbocycles. The lowest BCUT2D eigenvalue weighted by Crippen LogP contribution is -2.13. The summed E-state index contributed by atoms with van der Waals surface area (Å²) in [4.78, 5) is -0.0718. The molecule has 1 heterocycles. The van der Waals surface area contributed by atoms with E-state index in [1.54, 1.807) is 24.3 Å². The molecule has 8 heteroatoms. The van der Waals surface area contributed by atoms with Gasteiger partial charge in [-0.05, 0) is 18.2 Å². The molecule has 0 atom stereocenters. The lowest BCUT2D eigenvalue weighted by atomic mass is 10.3. The molecule has 0 aliphatic heterocycles. The molecule has 6 nitrogen and oxygen atoms in total. The van der Waals surface area contributed by atoms with Gasteiger partial charge in [-0.2, -0.15) is 5.10 Å². The summed E-state index contributed by atoms with van der Waals surface area (Å²) in [6.07, 6.45) is 1.16. The summed E-state index contributed by atoms with van der Waals surface area (Å²) in [5.74, 6) is 0.00694. The molecular formula is C9H9BrN4O2S. The fraction of sp³-hybridized carbons (Fsp3) is 0. The Bertz CT molecular complexity index is 638. The van der Waals surface area contributed by atoms with Crippen LogP contribution < -0.4 is 10.5 Å². The third kappa shape index (κ3) is 2.59. The molecule has 0 radical (unpaired) electrons. The normalized spacial score (nSPS) is 11.4. The van der Waals surface area contributed by atoms with Crippen LogP contribution in [0.2, 0.25) is 0 Å². The van der Waals surface area contributed by atoms with E-state index in [-0.39, 0.29) is 10.7 Å². The number of nitrogens with zero attached hydrogens (tertiary/aromatic N) is 1. The van der Waals surface area contributed by atoms with Gasteiger partial charge in [0, 0.05) is 10.2 Å². The molecular weight excluding hydrogens is 308 g/mol. The van der Waals surface area contributed by atoms with Crippen molar-refractivity contribution < 1.29 is 8.42 Å². The second kappa shape index (κ2) is 4.38. The maximum atomic E-state index is 11.9. The third-order valence-electron chi connectivity index (χ3n) is 2.00. The van der Waals surface area contributed by atoms with Crippen LogP contribution in [0.25, 0.3) is 0 Å². The first kappa shape index (κ1) is 11.9. The largest absolute Gasteiger partial charge is 0.383 e. The van der Waals surface area contributed by atoms with Gasteiger partial charge < -0.3 is 5.73 Å². The van der Waals surface area contributed by atoms with Crippen LogP contribution in [0.3, 0.4) is 0 Å². The maximum absolute atomic E-state index is 11.9. The zero-order chi connectivity index (χ0) is 12.5. The molecule has 0 fully saturated rings. The highest BCUT2D eigenvalue weighted by Crippen LogP contribution is 2.21. The number of nitrogens with two attached hydrogens (primary N) is 1. The number of halogens is 1. The zero-order valence-electron chi connectivity index (χ0n) is 8.51. The summed E-state index contributed by atoms with van der Waals surface area (Å²) in [5.41, 5.74) is 5.91. The van der Waals surface area contributed by atoms with Crippen LogP contribution in [0.1, 0.15) is 0 Å². The van der Waals surface area contributed by atoms with Crippen molar-refractivity contribution in [1.29, 1.82) is 0 Å². The standard InChI is InChI=1S/C9H9BrN4O2S/c10-6-2-1-3-7(4-6)14-17(15,16)8-5-12-13-9(8)11/h1-5,14H,(H3,11,12,13). The summed E-state index contributed by atoms with van der Waals surface area (Å²) >= 11 is 3.25. The predicted molar refractivity (Wildman–Crippen MR) is 68.0 cm³/mol. The zero-order valence-corrected chi connectivity index (χ0v) is 10.9. The second-order valence-corrected chi connectivity index (χ2v) is 5.83. The molecule has 2 aromatic rings. The van der Waals surface area contributed by atoms with Crippen LogP contribution in [-0.4, -0.2) is 18.6 Å². The lowest BCUT2D eigenvalue weighted by molar-refractivity contribution is 0.601. The van der Waals surface area contributed by atoms with Crippen LogP contribution in [0.5, 0.6) is 0 Å². The topological polar surface area (TPSA) is 101 Å². The summed E-state index contributed by atoms with van der Waals surface area (Å²) in [6.45, 7) is 0. The number of nitrogens with one attached hydrogen (secondary N) is 2. The van der Waals surface area contributed by atoms with Gasteiger partial charge in [0.1, 0.15) is 10.7 Å². The van der Waals surface area contributed by atoms with E-state index in [0.29, 0.717) is 5.69 Å². The van der Waals surface area contributed by atoms with E-state index in [2.05, 4.69) is 30.8 Å². The quantitative estimate of drug-likeness (QED) is 0.799. The van der Waals surface area contributed by atoms with Crippen LogP contribution in [0.4, 0.5) is 11.5 Å². The number of anilines is 2. The fourth-order valence-corrected chi connectivity index (χ4v) is 2.73. The van der Waals surface area contributed by atoms with E-state index in [0.717, 1.165) is 10.7 Å². The Kier molecular flexibility index (Phi) is 3.07. The summed E-state index contributed by atoms with van der Waals surface area (Å²) in [7, 11) is -3.71. The van der Waals surface area contributed by atoms with Gasteiger partial charge in [-0.15, -0.1) is 0 Å². The van der Waals surface area contributed by atoms with Crippen molar-refractivity contribution in [2.24, 2.45) is 0 Å². The highest BCUT2D eigenvalue weighted by atomic mass is 79.9. The minimum atomic E-state index is -3.71. The molecule has 0 saturated heterocycles. The Morgan fingerprint density at radius 1 is 1.41 bits per heavy atom. The maximum Gasteiger partial charge on any atom is 0.267 e. The summed E-state index contributed by atoms with van der Waals surface area (Å²) in [5, 5.41) is 5.94. The van der Waals surface area contributed by atoms with Gasteiger partial charge >= 0.3 is 0 Å². The van der Waals surface area contributed by atoms with Gasteiger partial charge in [0.15, 0.2) is 0 Å². The lowest BCUT2D eigenvalue weighted by Gasteiger charge is -2.06. The first-order valence-electron chi connectivity index (χ1n) is 4.56. The van der Waals surface area contributed by atoms with E-state index in [1.807, 2.05) is 0 Å². The third-order valence-corrected chi connectivity index (χ3v) is 3.90. The van der Waals surface area contributed by atoms with Crippen molar-refractivity contribution in [3.05, 3.63) is 34.9 Å². The molecule has 1 aromatic carbocycles.